The van der Waals surface area contributed by atoms with Crippen LogP contribution in [0.15, 0.2) is 72.8 Å². The molecule has 2 bridgehead atoms. The minimum atomic E-state index is -1.19. The van der Waals surface area contributed by atoms with Crippen LogP contribution >= 0.6 is 23.2 Å². The Labute approximate surface area is 240 Å². The zero-order valence-corrected chi connectivity index (χ0v) is 22.8. The number of imide groups is 1. The fraction of sp³-hybridized carbons (Fsp3) is 0.300. The number of nitrogens with one attached hydrogen (secondary N) is 1. The summed E-state index contributed by atoms with van der Waals surface area (Å²) in [4.78, 5) is 49.1. The van der Waals surface area contributed by atoms with Crippen molar-refractivity contribution in [3.05, 3.63) is 105 Å². The fourth-order valence-electron chi connectivity index (χ4n) is 6.57. The van der Waals surface area contributed by atoms with Crippen molar-refractivity contribution < 1.29 is 19.3 Å². The second-order valence-electron chi connectivity index (χ2n) is 10.5. The summed E-state index contributed by atoms with van der Waals surface area (Å²) < 4.78 is 0. The molecule has 0 aromatic heterocycles. The van der Waals surface area contributed by atoms with Gasteiger partial charge in [0.2, 0.25) is 17.7 Å². The first-order valence-corrected chi connectivity index (χ1v) is 13.9. The zero-order valence-electron chi connectivity index (χ0n) is 21.3. The minimum absolute atomic E-state index is 0.0511. The minimum Gasteiger partial charge on any atom is -0.326 e. The molecule has 204 valence electrons. The largest absolute Gasteiger partial charge is 0.326 e. The quantitative estimate of drug-likeness (QED) is 0.122. The van der Waals surface area contributed by atoms with Crippen molar-refractivity contribution in [2.75, 3.05) is 11.9 Å². The first-order valence-electron chi connectivity index (χ1n) is 13.2. The molecule has 3 aromatic rings. The van der Waals surface area contributed by atoms with Crippen molar-refractivity contribution in [2.45, 2.75) is 35.4 Å². The number of alkyl halides is 2. The van der Waals surface area contributed by atoms with Gasteiger partial charge in [-0.25, -0.2) is 0 Å². The van der Waals surface area contributed by atoms with Crippen molar-refractivity contribution in [3.8, 4) is 0 Å². The van der Waals surface area contributed by atoms with E-state index in [9.17, 15) is 24.5 Å². The number of carbonyl (C=O) groups excluding carboxylic acids is 3. The number of amides is 3. The van der Waals surface area contributed by atoms with Gasteiger partial charge in [0.05, 0.1) is 16.8 Å². The first kappa shape index (κ1) is 26.5. The molecule has 40 heavy (non-hydrogen) atoms. The summed E-state index contributed by atoms with van der Waals surface area (Å²) in [7, 11) is 0. The fourth-order valence-corrected chi connectivity index (χ4v) is 7.67. The number of rotatable bonds is 8. The van der Waals surface area contributed by atoms with E-state index < -0.39 is 26.5 Å². The topological polar surface area (TPSA) is 110 Å². The molecule has 0 radical (unpaired) electrons. The maximum Gasteiger partial charge on any atom is 0.269 e. The van der Waals surface area contributed by atoms with Gasteiger partial charge in [-0.05, 0) is 47.2 Å². The lowest BCUT2D eigenvalue weighted by Gasteiger charge is -2.54. The molecule has 1 heterocycles. The van der Waals surface area contributed by atoms with Gasteiger partial charge in [0.1, 0.15) is 9.75 Å². The van der Waals surface area contributed by atoms with Crippen LogP contribution in [0.4, 0.5) is 11.4 Å². The molecule has 8 nitrogen and oxygen atoms in total. The van der Waals surface area contributed by atoms with E-state index in [1.165, 1.54) is 29.2 Å². The number of nitro benzene ring substituents is 1. The van der Waals surface area contributed by atoms with Crippen LogP contribution in [0.2, 0.25) is 0 Å². The Kier molecular flexibility index (Phi) is 6.43. The highest BCUT2D eigenvalue weighted by Gasteiger charge is 2.72. The van der Waals surface area contributed by atoms with Crippen molar-refractivity contribution in [1.29, 1.82) is 0 Å². The Bertz CT molecular complexity index is 1440. The van der Waals surface area contributed by atoms with E-state index in [0.717, 1.165) is 22.3 Å². The average molecular weight is 578 g/mol. The molecule has 0 saturated carbocycles. The van der Waals surface area contributed by atoms with Gasteiger partial charge in [0.15, 0.2) is 0 Å². The van der Waals surface area contributed by atoms with E-state index in [-0.39, 0.29) is 36.4 Å². The molecular formula is C30H25Cl2N3O5. The molecule has 3 amide bonds. The molecule has 1 aliphatic heterocycles. The average Bonchev–Trinajstić information content (AvgIpc) is 3.22. The summed E-state index contributed by atoms with van der Waals surface area (Å²) in [6.45, 7) is 0.223. The third kappa shape index (κ3) is 3.77. The van der Waals surface area contributed by atoms with Crippen LogP contribution in [-0.4, -0.2) is 34.1 Å². The molecule has 0 unspecified atom stereocenters. The van der Waals surface area contributed by atoms with E-state index >= 15 is 0 Å². The van der Waals surface area contributed by atoms with Crippen LogP contribution in [0.5, 0.6) is 0 Å². The van der Waals surface area contributed by atoms with E-state index in [4.69, 9.17) is 23.2 Å². The number of carbonyl (C=O) groups is 3. The van der Waals surface area contributed by atoms with Gasteiger partial charge in [-0.3, -0.25) is 29.4 Å². The number of hydrogen-bond donors (Lipinski definition) is 1. The van der Waals surface area contributed by atoms with Gasteiger partial charge in [-0.2, -0.15) is 0 Å². The summed E-state index contributed by atoms with van der Waals surface area (Å²) in [6, 6.07) is 20.7. The second kappa shape index (κ2) is 9.71. The highest BCUT2D eigenvalue weighted by Crippen LogP contribution is 2.69. The van der Waals surface area contributed by atoms with Crippen LogP contribution < -0.4 is 5.32 Å². The molecule has 1 N–H and O–H groups in total. The summed E-state index contributed by atoms with van der Waals surface area (Å²) in [5.74, 6) is -2.45. The normalized spacial score (nSPS) is 25.8. The molecule has 1 saturated heterocycles. The number of non-ortho nitro benzene ring substituents is 1. The Morgan fingerprint density at radius 2 is 1.27 bits per heavy atom. The number of benzene rings is 3. The van der Waals surface area contributed by atoms with E-state index in [1.54, 1.807) is 0 Å². The maximum absolute atomic E-state index is 13.8. The lowest BCUT2D eigenvalue weighted by Crippen LogP contribution is -2.57. The highest BCUT2D eigenvalue weighted by molar-refractivity contribution is 6.36. The molecule has 4 aliphatic rings. The van der Waals surface area contributed by atoms with Gasteiger partial charge in [-0.15, -0.1) is 23.2 Å². The number of likely N-dealkylation sites (tertiary alicyclic amines) is 1. The SMILES string of the molecule is O=C(CCCCCN1C(=O)[C@H]2[C@H](C1=O)C1(Cl)c3ccccc3C2(Cl)c2ccccc21)Nc1ccc([N+](=O)[O-])cc1. The van der Waals surface area contributed by atoms with Crippen molar-refractivity contribution in [1.82, 2.24) is 4.90 Å². The molecule has 2 atom stereocenters. The summed E-state index contributed by atoms with van der Waals surface area (Å²) >= 11 is 14.8. The number of halogens is 2. The monoisotopic (exact) mass is 577 g/mol. The van der Waals surface area contributed by atoms with Gasteiger partial charge < -0.3 is 5.32 Å². The molecule has 1 fully saturated rings. The van der Waals surface area contributed by atoms with Crippen molar-refractivity contribution in [3.63, 3.8) is 0 Å². The van der Waals surface area contributed by atoms with E-state index in [2.05, 4.69) is 5.32 Å². The first-order chi connectivity index (χ1) is 19.2. The Morgan fingerprint density at radius 1 is 0.800 bits per heavy atom. The van der Waals surface area contributed by atoms with Crippen molar-refractivity contribution in [2.24, 2.45) is 11.8 Å². The number of nitro groups is 1. The van der Waals surface area contributed by atoms with Crippen LogP contribution in [0, 0.1) is 22.0 Å². The smallest absolute Gasteiger partial charge is 0.269 e. The third-order valence-electron chi connectivity index (χ3n) is 8.32. The molecule has 7 rings (SSSR count). The molecule has 3 aromatic carbocycles. The van der Waals surface area contributed by atoms with Crippen LogP contribution in [-0.2, 0) is 24.1 Å². The lowest BCUT2D eigenvalue weighted by atomic mass is 9.54. The highest BCUT2D eigenvalue weighted by atomic mass is 35.5. The van der Waals surface area contributed by atoms with Crippen molar-refractivity contribution >= 4 is 52.3 Å². The summed E-state index contributed by atoms with van der Waals surface area (Å²) in [5.41, 5.74) is 3.52. The summed E-state index contributed by atoms with van der Waals surface area (Å²) in [5, 5.41) is 13.5. The molecule has 0 spiro atoms. The number of hydrogen-bond acceptors (Lipinski definition) is 5. The molecule has 10 heteroatoms. The Hall–Kier alpha value is -3.75. The van der Waals surface area contributed by atoms with E-state index in [0.29, 0.717) is 24.9 Å². The predicted octanol–water partition coefficient (Wildman–Crippen LogP) is 5.69. The standard InChI is InChI=1S/C30H25Cl2N3O5/c31-29-20-8-3-4-9-21(20)30(32,23-11-6-5-10-22(23)29)26-25(29)27(37)34(28(26)38)17-7-1-2-12-24(36)33-18-13-15-19(16-14-18)35(39)40/h3-6,8-11,13-16,25-26H,1-2,7,12,17H2,(H,33,36)/t25-,26-,29?,30?/m1/s1. The third-order valence-corrected chi connectivity index (χ3v) is 9.61. The predicted molar refractivity (Wildman–Crippen MR) is 150 cm³/mol. The zero-order chi connectivity index (χ0) is 28.2. The second-order valence-corrected chi connectivity index (χ2v) is 11.7. The lowest BCUT2D eigenvalue weighted by molar-refractivity contribution is -0.384. The van der Waals surface area contributed by atoms with Gasteiger partial charge >= 0.3 is 0 Å². The molecule has 3 aliphatic carbocycles. The maximum atomic E-state index is 13.8. The van der Waals surface area contributed by atoms with Gasteiger partial charge in [0, 0.05) is 30.8 Å². The van der Waals surface area contributed by atoms with Crippen LogP contribution in [0.3, 0.4) is 0 Å². The van der Waals surface area contributed by atoms with Crippen LogP contribution in [0.1, 0.15) is 47.9 Å². The molecular weight excluding hydrogens is 553 g/mol. The number of anilines is 1. The summed E-state index contributed by atoms with van der Waals surface area (Å²) in [6.07, 6.45) is 1.95. The van der Waals surface area contributed by atoms with Gasteiger partial charge in [-0.1, -0.05) is 55.0 Å². The Morgan fingerprint density at radius 3 is 1.73 bits per heavy atom. The Balaban J connectivity index is 1.12. The van der Waals surface area contributed by atoms with E-state index in [1.807, 2.05) is 48.5 Å². The number of nitrogens with zero attached hydrogens (tertiary/aromatic N) is 2. The van der Waals surface area contributed by atoms with Crippen LogP contribution in [0.25, 0.3) is 0 Å². The van der Waals surface area contributed by atoms with Gasteiger partial charge in [0.25, 0.3) is 5.69 Å². The number of unbranched alkanes of at least 4 members (excludes halogenated alkanes) is 2.